The maximum Gasteiger partial charge on any atom is 0.259 e. The Morgan fingerprint density at radius 3 is 2.70 bits per heavy atom. The Morgan fingerprint density at radius 2 is 1.96 bits per heavy atom. The Labute approximate surface area is 144 Å². The lowest BCUT2D eigenvalue weighted by Crippen LogP contribution is -2.14. The van der Waals surface area contributed by atoms with Crippen molar-refractivity contribution in [1.29, 1.82) is 0 Å². The molecule has 0 atom stereocenters. The van der Waals surface area contributed by atoms with Gasteiger partial charge in [0.1, 0.15) is 11.5 Å². The van der Waals surface area contributed by atoms with E-state index in [0.29, 0.717) is 29.4 Å². The number of ether oxygens (including phenoxy) is 2. The number of anilines is 1. The zero-order chi connectivity index (χ0) is 16.7. The first kappa shape index (κ1) is 17.3. The molecule has 0 spiro atoms. The maximum atomic E-state index is 12.6. The first-order chi connectivity index (χ1) is 11.2. The second-order valence-electron chi connectivity index (χ2n) is 5.00. The van der Waals surface area contributed by atoms with Crippen molar-refractivity contribution in [3.8, 4) is 11.5 Å². The minimum atomic E-state index is -0.234. The van der Waals surface area contributed by atoms with E-state index in [4.69, 9.17) is 9.47 Å². The van der Waals surface area contributed by atoms with Gasteiger partial charge >= 0.3 is 0 Å². The summed E-state index contributed by atoms with van der Waals surface area (Å²) in [4.78, 5) is 12.6. The van der Waals surface area contributed by atoms with Crippen molar-refractivity contribution in [2.24, 2.45) is 0 Å². The highest BCUT2D eigenvalue weighted by Gasteiger charge is 2.15. The lowest BCUT2D eigenvalue weighted by atomic mass is 10.1. The number of rotatable bonds is 7. The highest BCUT2D eigenvalue weighted by Crippen LogP contribution is 2.27. The van der Waals surface area contributed by atoms with E-state index < -0.39 is 0 Å². The van der Waals surface area contributed by atoms with Crippen LogP contribution in [0.4, 0.5) is 5.69 Å². The molecule has 5 heteroatoms. The van der Waals surface area contributed by atoms with E-state index in [2.05, 4.69) is 28.2 Å². The first-order valence-electron chi connectivity index (χ1n) is 7.52. The van der Waals surface area contributed by atoms with Crippen LogP contribution in [0.25, 0.3) is 0 Å². The Bertz CT molecular complexity index is 673. The largest absolute Gasteiger partial charge is 0.495 e. The minimum Gasteiger partial charge on any atom is -0.495 e. The second kappa shape index (κ2) is 8.58. The number of halogens is 1. The van der Waals surface area contributed by atoms with Gasteiger partial charge in [-0.05, 0) is 36.8 Å². The summed E-state index contributed by atoms with van der Waals surface area (Å²) in [6.07, 6.45) is 1.99. The molecule has 2 aromatic rings. The highest BCUT2D eigenvalue weighted by molar-refractivity contribution is 9.10. The van der Waals surface area contributed by atoms with Crippen molar-refractivity contribution in [1.82, 2.24) is 0 Å². The van der Waals surface area contributed by atoms with Crippen LogP contribution in [0.15, 0.2) is 46.9 Å². The van der Waals surface area contributed by atoms with Gasteiger partial charge in [0.25, 0.3) is 5.91 Å². The van der Waals surface area contributed by atoms with Crippen LogP contribution in [0.5, 0.6) is 11.5 Å². The molecule has 0 aliphatic heterocycles. The number of para-hydroxylation sites is 2. The maximum absolute atomic E-state index is 12.6. The summed E-state index contributed by atoms with van der Waals surface area (Å²) in [6.45, 7) is 2.69. The molecule has 23 heavy (non-hydrogen) atoms. The van der Waals surface area contributed by atoms with Gasteiger partial charge in [0.05, 0.1) is 25.0 Å². The van der Waals surface area contributed by atoms with Crippen LogP contribution in [0.1, 0.15) is 30.1 Å². The van der Waals surface area contributed by atoms with Crippen molar-refractivity contribution < 1.29 is 14.3 Å². The molecule has 0 saturated carbocycles. The first-order valence-corrected chi connectivity index (χ1v) is 8.31. The monoisotopic (exact) mass is 377 g/mol. The Balaban J connectivity index is 2.22. The molecule has 0 radical (unpaired) electrons. The van der Waals surface area contributed by atoms with Gasteiger partial charge in [0, 0.05) is 4.47 Å². The average Bonchev–Trinajstić information content (AvgIpc) is 2.56. The smallest absolute Gasteiger partial charge is 0.259 e. The number of hydrogen-bond donors (Lipinski definition) is 1. The Hall–Kier alpha value is -2.01. The molecule has 0 aromatic heterocycles. The fourth-order valence-electron chi connectivity index (χ4n) is 2.07. The van der Waals surface area contributed by atoms with Gasteiger partial charge in [-0.2, -0.15) is 0 Å². The van der Waals surface area contributed by atoms with Crippen molar-refractivity contribution in [2.75, 3.05) is 19.0 Å². The van der Waals surface area contributed by atoms with Crippen LogP contribution in [-0.2, 0) is 0 Å². The third-order valence-electron chi connectivity index (χ3n) is 3.30. The summed E-state index contributed by atoms with van der Waals surface area (Å²) in [5.41, 5.74) is 1.11. The van der Waals surface area contributed by atoms with Gasteiger partial charge in [0.15, 0.2) is 0 Å². The molecule has 122 valence electrons. The average molecular weight is 378 g/mol. The lowest BCUT2D eigenvalue weighted by molar-refractivity contribution is 0.102. The van der Waals surface area contributed by atoms with E-state index in [1.54, 1.807) is 31.4 Å². The third kappa shape index (κ3) is 4.73. The van der Waals surface area contributed by atoms with Crippen LogP contribution in [0, 0.1) is 0 Å². The Kier molecular flexibility index (Phi) is 6.47. The molecule has 0 aliphatic carbocycles. The number of nitrogens with one attached hydrogen (secondary N) is 1. The van der Waals surface area contributed by atoms with Gasteiger partial charge < -0.3 is 14.8 Å². The summed E-state index contributed by atoms with van der Waals surface area (Å²) in [6, 6.07) is 12.7. The minimum absolute atomic E-state index is 0.234. The second-order valence-corrected chi connectivity index (χ2v) is 5.91. The van der Waals surface area contributed by atoms with Gasteiger partial charge in [0.2, 0.25) is 0 Å². The van der Waals surface area contributed by atoms with Gasteiger partial charge in [-0.3, -0.25) is 4.79 Å². The summed E-state index contributed by atoms with van der Waals surface area (Å²) >= 11 is 3.40. The number of benzene rings is 2. The summed E-state index contributed by atoms with van der Waals surface area (Å²) in [5, 5.41) is 2.87. The van der Waals surface area contributed by atoms with E-state index in [-0.39, 0.29) is 5.91 Å². The van der Waals surface area contributed by atoms with Crippen molar-refractivity contribution in [2.45, 2.75) is 19.8 Å². The quantitative estimate of drug-likeness (QED) is 0.698. The van der Waals surface area contributed by atoms with Crippen LogP contribution in [-0.4, -0.2) is 19.6 Å². The van der Waals surface area contributed by atoms with Gasteiger partial charge in [-0.15, -0.1) is 0 Å². The van der Waals surface area contributed by atoms with Crippen molar-refractivity contribution >= 4 is 27.5 Å². The molecule has 0 aliphatic rings. The zero-order valence-corrected chi connectivity index (χ0v) is 14.9. The van der Waals surface area contributed by atoms with E-state index in [0.717, 1.165) is 17.3 Å². The van der Waals surface area contributed by atoms with Crippen molar-refractivity contribution in [3.63, 3.8) is 0 Å². The summed E-state index contributed by atoms with van der Waals surface area (Å²) in [7, 11) is 1.57. The topological polar surface area (TPSA) is 47.6 Å². The molecule has 0 unspecified atom stereocenters. The number of carbonyl (C=O) groups is 1. The molecule has 0 heterocycles. The lowest BCUT2D eigenvalue weighted by Gasteiger charge is -2.13. The number of unbranched alkanes of at least 4 members (excludes halogenated alkanes) is 1. The standard InChI is InChI=1S/C18H20BrNO3/c1-3-4-11-23-16-10-9-13(19)12-14(16)18(21)20-15-7-5-6-8-17(15)22-2/h5-10,12H,3-4,11H2,1-2H3,(H,20,21). The van der Waals surface area contributed by atoms with Crippen molar-refractivity contribution in [3.05, 3.63) is 52.5 Å². The van der Waals surface area contributed by atoms with Gasteiger partial charge in [-0.1, -0.05) is 41.4 Å². The molecular formula is C18H20BrNO3. The molecule has 4 nitrogen and oxygen atoms in total. The number of hydrogen-bond acceptors (Lipinski definition) is 3. The molecule has 0 saturated heterocycles. The highest BCUT2D eigenvalue weighted by atomic mass is 79.9. The number of carbonyl (C=O) groups excluding carboxylic acids is 1. The predicted molar refractivity (Wildman–Crippen MR) is 95.5 cm³/mol. The van der Waals surface area contributed by atoms with E-state index in [9.17, 15) is 4.79 Å². The Morgan fingerprint density at radius 1 is 1.17 bits per heavy atom. The number of methoxy groups -OCH3 is 1. The fourth-order valence-corrected chi connectivity index (χ4v) is 2.43. The molecule has 0 fully saturated rings. The number of amides is 1. The van der Waals surface area contributed by atoms with Crippen LogP contribution < -0.4 is 14.8 Å². The van der Waals surface area contributed by atoms with E-state index in [1.165, 1.54) is 0 Å². The summed E-state index contributed by atoms with van der Waals surface area (Å²) < 4.78 is 11.8. The molecule has 2 rings (SSSR count). The summed E-state index contributed by atoms with van der Waals surface area (Å²) in [5.74, 6) is 0.959. The normalized spacial score (nSPS) is 10.2. The molecule has 1 amide bonds. The molecule has 2 aromatic carbocycles. The van der Waals surface area contributed by atoms with Gasteiger partial charge in [-0.25, -0.2) is 0 Å². The SMILES string of the molecule is CCCCOc1ccc(Br)cc1C(=O)Nc1ccccc1OC. The fraction of sp³-hybridized carbons (Fsp3) is 0.278. The zero-order valence-electron chi connectivity index (χ0n) is 13.3. The van der Waals surface area contributed by atoms with E-state index in [1.807, 2.05) is 18.2 Å². The van der Waals surface area contributed by atoms with Crippen LogP contribution in [0.2, 0.25) is 0 Å². The predicted octanol–water partition coefficient (Wildman–Crippen LogP) is 4.89. The molecule has 1 N–H and O–H groups in total. The van der Waals surface area contributed by atoms with Crippen LogP contribution in [0.3, 0.4) is 0 Å². The molecule has 0 bridgehead atoms. The van der Waals surface area contributed by atoms with E-state index >= 15 is 0 Å². The molecular weight excluding hydrogens is 358 g/mol. The third-order valence-corrected chi connectivity index (χ3v) is 3.79. The van der Waals surface area contributed by atoms with Crippen LogP contribution >= 0.6 is 15.9 Å².